The van der Waals surface area contributed by atoms with Gasteiger partial charge in [0.25, 0.3) is 5.91 Å². The molecule has 5 nitrogen and oxygen atoms in total. The van der Waals surface area contributed by atoms with E-state index in [1.807, 2.05) is 35.2 Å². The summed E-state index contributed by atoms with van der Waals surface area (Å²) in [4.78, 5) is 17.0. The number of carbonyl (C=O) groups excluding carboxylic acids is 1. The molecule has 0 saturated carbocycles. The predicted molar refractivity (Wildman–Crippen MR) is 105 cm³/mol. The highest BCUT2D eigenvalue weighted by molar-refractivity contribution is 5.94. The second kappa shape index (κ2) is 8.44. The van der Waals surface area contributed by atoms with Gasteiger partial charge in [-0.3, -0.25) is 4.79 Å². The number of para-hydroxylation sites is 1. The van der Waals surface area contributed by atoms with Crippen LogP contribution in [0.3, 0.4) is 0 Å². The van der Waals surface area contributed by atoms with Gasteiger partial charge in [0.1, 0.15) is 12.4 Å². The van der Waals surface area contributed by atoms with Crippen LogP contribution in [0, 0.1) is 0 Å². The number of hydrogen-bond acceptors (Lipinski definition) is 4. The van der Waals surface area contributed by atoms with Crippen LogP contribution < -0.4 is 9.64 Å². The van der Waals surface area contributed by atoms with Crippen LogP contribution >= 0.6 is 0 Å². The molecule has 1 atom stereocenters. The summed E-state index contributed by atoms with van der Waals surface area (Å²) >= 11 is 0. The summed E-state index contributed by atoms with van der Waals surface area (Å²) in [6.45, 7) is 4.61. The maximum atomic E-state index is 12.8. The van der Waals surface area contributed by atoms with E-state index < -0.39 is 0 Å². The van der Waals surface area contributed by atoms with E-state index in [4.69, 9.17) is 9.47 Å². The zero-order chi connectivity index (χ0) is 18.5. The third-order valence-corrected chi connectivity index (χ3v) is 5.25. The monoisotopic (exact) mass is 366 g/mol. The van der Waals surface area contributed by atoms with Crippen molar-refractivity contribution in [2.24, 2.45) is 0 Å². The summed E-state index contributed by atoms with van der Waals surface area (Å²) in [7, 11) is 0. The maximum Gasteiger partial charge on any atom is 0.253 e. The van der Waals surface area contributed by atoms with E-state index in [1.54, 1.807) is 0 Å². The van der Waals surface area contributed by atoms with Gasteiger partial charge in [-0.15, -0.1) is 0 Å². The molecule has 2 fully saturated rings. The number of amides is 1. The van der Waals surface area contributed by atoms with Crippen molar-refractivity contribution in [3.63, 3.8) is 0 Å². The van der Waals surface area contributed by atoms with E-state index in [-0.39, 0.29) is 12.0 Å². The predicted octanol–water partition coefficient (Wildman–Crippen LogP) is 3.21. The van der Waals surface area contributed by atoms with Crippen molar-refractivity contribution >= 4 is 11.6 Å². The molecule has 0 spiro atoms. The average molecular weight is 366 g/mol. The first-order valence-corrected chi connectivity index (χ1v) is 9.73. The number of ether oxygens (including phenoxy) is 2. The summed E-state index contributed by atoms with van der Waals surface area (Å²) in [5, 5.41) is 0. The molecule has 0 bridgehead atoms. The molecule has 142 valence electrons. The van der Waals surface area contributed by atoms with E-state index in [0.29, 0.717) is 12.2 Å². The van der Waals surface area contributed by atoms with Gasteiger partial charge < -0.3 is 19.3 Å². The Labute approximate surface area is 160 Å². The molecule has 2 heterocycles. The fourth-order valence-electron chi connectivity index (χ4n) is 3.65. The van der Waals surface area contributed by atoms with E-state index in [9.17, 15) is 4.79 Å². The van der Waals surface area contributed by atoms with Gasteiger partial charge in [0, 0.05) is 44.0 Å². The molecule has 2 aromatic rings. The molecule has 2 aliphatic rings. The molecule has 0 N–H and O–H groups in total. The Morgan fingerprint density at radius 3 is 2.41 bits per heavy atom. The van der Waals surface area contributed by atoms with Gasteiger partial charge in [0.15, 0.2) is 0 Å². The fraction of sp³-hybridized carbons (Fsp3) is 0.409. The SMILES string of the molecule is O=C(c1ccc(OC[C@H]2CCCO2)cc1)N1CCN(c2ccccc2)CC1. The Kier molecular flexibility index (Phi) is 5.58. The highest BCUT2D eigenvalue weighted by Gasteiger charge is 2.22. The minimum absolute atomic E-state index is 0.0911. The maximum absolute atomic E-state index is 12.8. The van der Waals surface area contributed by atoms with Crippen LogP contribution in [-0.2, 0) is 4.74 Å². The van der Waals surface area contributed by atoms with Crippen LogP contribution in [0.25, 0.3) is 0 Å². The molecular formula is C22H26N2O3. The standard InChI is InChI=1S/C22H26N2O3/c25-22(24-14-12-23(13-15-24)19-5-2-1-3-6-19)18-8-10-20(11-9-18)27-17-21-7-4-16-26-21/h1-3,5-6,8-11,21H,4,7,12-17H2/t21-/m1/s1. The largest absolute Gasteiger partial charge is 0.491 e. The lowest BCUT2D eigenvalue weighted by Gasteiger charge is -2.36. The fourth-order valence-corrected chi connectivity index (χ4v) is 3.65. The van der Waals surface area contributed by atoms with E-state index in [0.717, 1.165) is 51.4 Å². The second-order valence-electron chi connectivity index (χ2n) is 7.09. The van der Waals surface area contributed by atoms with Gasteiger partial charge in [-0.25, -0.2) is 0 Å². The molecule has 4 rings (SSSR count). The quantitative estimate of drug-likeness (QED) is 0.815. The Hall–Kier alpha value is -2.53. The van der Waals surface area contributed by atoms with Crippen molar-refractivity contribution in [2.45, 2.75) is 18.9 Å². The average Bonchev–Trinajstić information content (AvgIpc) is 3.27. The molecule has 1 amide bonds. The minimum atomic E-state index is 0.0911. The highest BCUT2D eigenvalue weighted by atomic mass is 16.5. The molecule has 2 aromatic carbocycles. The van der Waals surface area contributed by atoms with E-state index in [2.05, 4.69) is 29.2 Å². The molecule has 5 heteroatoms. The van der Waals surface area contributed by atoms with E-state index in [1.165, 1.54) is 5.69 Å². The van der Waals surface area contributed by atoms with Crippen molar-refractivity contribution in [3.05, 3.63) is 60.2 Å². The third-order valence-electron chi connectivity index (χ3n) is 5.25. The Morgan fingerprint density at radius 1 is 1.00 bits per heavy atom. The normalized spacial score (nSPS) is 19.9. The molecule has 27 heavy (non-hydrogen) atoms. The number of piperazine rings is 1. The lowest BCUT2D eigenvalue weighted by Crippen LogP contribution is -2.48. The summed E-state index contributed by atoms with van der Waals surface area (Å²) in [5.41, 5.74) is 1.94. The van der Waals surface area contributed by atoms with Crippen molar-refractivity contribution in [3.8, 4) is 5.75 Å². The van der Waals surface area contributed by atoms with Crippen LogP contribution in [-0.4, -0.2) is 56.3 Å². The first kappa shape index (κ1) is 17.9. The minimum Gasteiger partial charge on any atom is -0.491 e. The summed E-state index contributed by atoms with van der Waals surface area (Å²) in [5.74, 6) is 0.879. The van der Waals surface area contributed by atoms with Gasteiger partial charge in [-0.1, -0.05) is 18.2 Å². The number of rotatable bonds is 5. The van der Waals surface area contributed by atoms with Crippen molar-refractivity contribution in [1.29, 1.82) is 0 Å². The number of benzene rings is 2. The van der Waals surface area contributed by atoms with Gasteiger partial charge in [-0.2, -0.15) is 0 Å². The Bertz CT molecular complexity index is 734. The number of nitrogens with zero attached hydrogens (tertiary/aromatic N) is 2. The van der Waals surface area contributed by atoms with Crippen molar-refractivity contribution in [1.82, 2.24) is 4.90 Å². The van der Waals surface area contributed by atoms with Crippen LogP contribution in [0.15, 0.2) is 54.6 Å². The first-order chi connectivity index (χ1) is 13.3. The van der Waals surface area contributed by atoms with Crippen LogP contribution in [0.4, 0.5) is 5.69 Å². The van der Waals surface area contributed by atoms with Crippen LogP contribution in [0.5, 0.6) is 5.75 Å². The molecule has 0 aromatic heterocycles. The second-order valence-corrected chi connectivity index (χ2v) is 7.09. The highest BCUT2D eigenvalue weighted by Crippen LogP contribution is 2.19. The summed E-state index contributed by atoms with van der Waals surface area (Å²) in [6, 6.07) is 17.8. The topological polar surface area (TPSA) is 42.0 Å². The number of anilines is 1. The zero-order valence-corrected chi connectivity index (χ0v) is 15.5. The smallest absolute Gasteiger partial charge is 0.253 e. The Balaban J connectivity index is 1.29. The number of carbonyl (C=O) groups is 1. The molecule has 2 saturated heterocycles. The first-order valence-electron chi connectivity index (χ1n) is 9.73. The third kappa shape index (κ3) is 4.42. The summed E-state index contributed by atoms with van der Waals surface area (Å²) in [6.07, 6.45) is 2.37. The van der Waals surface area contributed by atoms with Gasteiger partial charge in [0.2, 0.25) is 0 Å². The van der Waals surface area contributed by atoms with Gasteiger partial charge >= 0.3 is 0 Å². The molecule has 2 aliphatic heterocycles. The van der Waals surface area contributed by atoms with Gasteiger partial charge in [-0.05, 0) is 49.2 Å². The number of hydrogen-bond donors (Lipinski definition) is 0. The molecule has 0 radical (unpaired) electrons. The lowest BCUT2D eigenvalue weighted by atomic mass is 10.1. The molecule has 0 aliphatic carbocycles. The van der Waals surface area contributed by atoms with Crippen LogP contribution in [0.1, 0.15) is 23.2 Å². The van der Waals surface area contributed by atoms with E-state index >= 15 is 0 Å². The molecule has 0 unspecified atom stereocenters. The molecular weight excluding hydrogens is 340 g/mol. The van der Waals surface area contributed by atoms with Crippen molar-refractivity contribution < 1.29 is 14.3 Å². The van der Waals surface area contributed by atoms with Gasteiger partial charge in [0.05, 0.1) is 6.10 Å². The van der Waals surface area contributed by atoms with Crippen LogP contribution in [0.2, 0.25) is 0 Å². The van der Waals surface area contributed by atoms with Crippen molar-refractivity contribution in [2.75, 3.05) is 44.3 Å². The Morgan fingerprint density at radius 2 is 1.74 bits per heavy atom. The lowest BCUT2D eigenvalue weighted by molar-refractivity contribution is 0.0678. The zero-order valence-electron chi connectivity index (χ0n) is 15.5. The summed E-state index contributed by atoms with van der Waals surface area (Å²) < 4.78 is 11.3.